The number of hydrogen-bond donors (Lipinski definition) is 0. The maximum atomic E-state index is 13.0. The zero-order chi connectivity index (χ0) is 25.6. The molecule has 0 aromatic rings. The molecule has 0 atom stereocenters. The summed E-state index contributed by atoms with van der Waals surface area (Å²) in [6.07, 6.45) is 32.8. The van der Waals surface area contributed by atoms with E-state index in [0.29, 0.717) is 0 Å². The molecular formula is C34H62O2. The topological polar surface area (TPSA) is 26.3 Å². The molecule has 0 aromatic heterocycles. The van der Waals surface area contributed by atoms with Crippen molar-refractivity contribution in [3.63, 3.8) is 0 Å². The first kappa shape index (κ1) is 30.0. The summed E-state index contributed by atoms with van der Waals surface area (Å²) in [5.41, 5.74) is -0.168. The van der Waals surface area contributed by atoms with Crippen molar-refractivity contribution in [2.24, 2.45) is 35.0 Å². The van der Waals surface area contributed by atoms with E-state index < -0.39 is 0 Å². The highest BCUT2D eigenvalue weighted by Gasteiger charge is 2.44. The van der Waals surface area contributed by atoms with Gasteiger partial charge in [0.25, 0.3) is 0 Å². The van der Waals surface area contributed by atoms with Crippen molar-refractivity contribution < 1.29 is 9.53 Å². The number of methoxy groups -OCH3 is 1. The molecule has 0 amide bonds. The van der Waals surface area contributed by atoms with Gasteiger partial charge in [-0.1, -0.05) is 117 Å². The summed E-state index contributed by atoms with van der Waals surface area (Å²) in [6.45, 7) is 4.62. The van der Waals surface area contributed by atoms with E-state index in [9.17, 15) is 4.79 Å². The average molecular weight is 503 g/mol. The van der Waals surface area contributed by atoms with Crippen LogP contribution >= 0.6 is 0 Å². The zero-order valence-electron chi connectivity index (χ0n) is 24.7. The predicted molar refractivity (Wildman–Crippen MR) is 154 cm³/mol. The summed E-state index contributed by atoms with van der Waals surface area (Å²) in [5, 5.41) is 0. The molecule has 2 nitrogen and oxygen atoms in total. The summed E-state index contributed by atoms with van der Waals surface area (Å²) in [4.78, 5) is 13.0. The maximum Gasteiger partial charge on any atom is 0.311 e. The molecule has 0 radical (unpaired) electrons. The van der Waals surface area contributed by atoms with Gasteiger partial charge in [0, 0.05) is 0 Å². The lowest BCUT2D eigenvalue weighted by Crippen LogP contribution is -2.39. The summed E-state index contributed by atoms with van der Waals surface area (Å²) in [5.74, 6) is 4.74. The van der Waals surface area contributed by atoms with Gasteiger partial charge in [-0.2, -0.15) is 0 Å². The van der Waals surface area contributed by atoms with Crippen LogP contribution in [0.1, 0.15) is 168 Å². The zero-order valence-corrected chi connectivity index (χ0v) is 24.7. The number of carbonyl (C=O) groups is 1. The van der Waals surface area contributed by atoms with E-state index in [4.69, 9.17) is 4.74 Å². The van der Waals surface area contributed by atoms with Crippen LogP contribution in [0.15, 0.2) is 0 Å². The lowest BCUT2D eigenvalue weighted by atomic mass is 9.62. The van der Waals surface area contributed by atoms with Gasteiger partial charge >= 0.3 is 5.97 Å². The molecular weight excluding hydrogens is 440 g/mol. The normalized spacial score (nSPS) is 33.4. The number of rotatable bonds is 15. The van der Waals surface area contributed by atoms with E-state index in [1.54, 1.807) is 7.11 Å². The quantitative estimate of drug-likeness (QED) is 0.164. The fourth-order valence-electron chi connectivity index (χ4n) is 8.39. The summed E-state index contributed by atoms with van der Waals surface area (Å²) in [6, 6.07) is 0. The van der Waals surface area contributed by atoms with Crippen molar-refractivity contribution in [3.05, 3.63) is 0 Å². The first-order chi connectivity index (χ1) is 17.6. The van der Waals surface area contributed by atoms with Gasteiger partial charge in [0.05, 0.1) is 12.5 Å². The number of carbonyl (C=O) groups excluding carboxylic acids is 1. The highest BCUT2D eigenvalue weighted by atomic mass is 16.5. The lowest BCUT2D eigenvalue weighted by Gasteiger charge is -2.43. The second kappa shape index (κ2) is 16.4. The molecule has 3 aliphatic carbocycles. The first-order valence-corrected chi connectivity index (χ1v) is 16.7. The van der Waals surface area contributed by atoms with Crippen LogP contribution in [-0.2, 0) is 9.53 Å². The van der Waals surface area contributed by atoms with Gasteiger partial charge in [0.1, 0.15) is 0 Å². The fraction of sp³-hybridized carbons (Fsp3) is 0.971. The molecule has 210 valence electrons. The molecule has 0 spiro atoms. The van der Waals surface area contributed by atoms with Crippen molar-refractivity contribution in [1.82, 2.24) is 0 Å². The maximum absolute atomic E-state index is 13.0. The van der Waals surface area contributed by atoms with Gasteiger partial charge in [-0.05, 0) is 81.0 Å². The average Bonchev–Trinajstić information content (AvgIpc) is 2.93. The summed E-state index contributed by atoms with van der Waals surface area (Å²) < 4.78 is 5.42. The smallest absolute Gasteiger partial charge is 0.311 e. The van der Waals surface area contributed by atoms with Crippen molar-refractivity contribution in [2.45, 2.75) is 168 Å². The van der Waals surface area contributed by atoms with Crippen molar-refractivity contribution >= 4 is 5.97 Å². The molecule has 0 unspecified atom stereocenters. The largest absolute Gasteiger partial charge is 0.469 e. The molecule has 36 heavy (non-hydrogen) atoms. The van der Waals surface area contributed by atoms with Crippen LogP contribution < -0.4 is 0 Å². The number of ether oxygens (including phenoxy) is 1. The second-order valence-corrected chi connectivity index (χ2v) is 13.5. The molecule has 3 fully saturated rings. The minimum Gasteiger partial charge on any atom is -0.469 e. The molecule has 3 aliphatic rings. The third kappa shape index (κ3) is 9.34. The highest BCUT2D eigenvalue weighted by Crippen LogP contribution is 2.49. The Morgan fingerprint density at radius 2 is 1.06 bits per heavy atom. The Bertz CT molecular complexity index is 574. The van der Waals surface area contributed by atoms with E-state index in [0.717, 1.165) is 48.9 Å². The highest BCUT2D eigenvalue weighted by molar-refractivity contribution is 5.76. The van der Waals surface area contributed by atoms with E-state index in [-0.39, 0.29) is 11.4 Å². The van der Waals surface area contributed by atoms with Crippen molar-refractivity contribution in [2.75, 3.05) is 7.11 Å². The van der Waals surface area contributed by atoms with E-state index in [2.05, 4.69) is 13.8 Å². The fourth-order valence-corrected chi connectivity index (χ4v) is 8.39. The lowest BCUT2D eigenvalue weighted by molar-refractivity contribution is -0.157. The van der Waals surface area contributed by atoms with E-state index in [1.165, 1.54) is 135 Å². The standard InChI is InChI=1S/C34H62O2/c1-4-6-8-9-11-13-29-18-20-31(21-19-29)32-23-26-34(27-24-32,33(35)36-3)25-22-30-16-14-28(15-17-30)12-10-7-5-2/h28-32H,4-27H2,1-3H3/t28-,29?,30-,31?,32?,34?. The van der Waals surface area contributed by atoms with Gasteiger partial charge in [-0.15, -0.1) is 0 Å². The molecule has 2 heteroatoms. The van der Waals surface area contributed by atoms with Crippen LogP contribution in [-0.4, -0.2) is 13.1 Å². The Morgan fingerprint density at radius 3 is 1.61 bits per heavy atom. The Balaban J connectivity index is 1.37. The molecule has 0 saturated heterocycles. The first-order valence-electron chi connectivity index (χ1n) is 16.7. The molecule has 0 N–H and O–H groups in total. The Kier molecular flexibility index (Phi) is 13.7. The molecule has 0 bridgehead atoms. The molecule has 0 aliphatic heterocycles. The van der Waals surface area contributed by atoms with Gasteiger partial charge in [0.15, 0.2) is 0 Å². The van der Waals surface area contributed by atoms with Crippen molar-refractivity contribution in [3.8, 4) is 0 Å². The van der Waals surface area contributed by atoms with Crippen LogP contribution in [0.4, 0.5) is 0 Å². The minimum absolute atomic E-state index is 0.112. The predicted octanol–water partition coefficient (Wildman–Crippen LogP) is 10.7. The minimum atomic E-state index is -0.168. The number of hydrogen-bond acceptors (Lipinski definition) is 2. The van der Waals surface area contributed by atoms with E-state index >= 15 is 0 Å². The molecule has 0 aromatic carbocycles. The monoisotopic (exact) mass is 502 g/mol. The molecule has 3 rings (SSSR count). The van der Waals surface area contributed by atoms with Crippen LogP contribution in [0.2, 0.25) is 0 Å². The van der Waals surface area contributed by atoms with Gasteiger partial charge in [-0.3, -0.25) is 4.79 Å². The van der Waals surface area contributed by atoms with E-state index in [1.807, 2.05) is 0 Å². The summed E-state index contributed by atoms with van der Waals surface area (Å²) >= 11 is 0. The van der Waals surface area contributed by atoms with Gasteiger partial charge < -0.3 is 4.74 Å². The number of esters is 1. The van der Waals surface area contributed by atoms with Crippen LogP contribution in [0.25, 0.3) is 0 Å². The molecule has 3 saturated carbocycles. The Labute approximate surface area is 225 Å². The van der Waals surface area contributed by atoms with Crippen molar-refractivity contribution in [1.29, 1.82) is 0 Å². The van der Waals surface area contributed by atoms with Crippen LogP contribution in [0.3, 0.4) is 0 Å². The third-order valence-electron chi connectivity index (χ3n) is 11.1. The number of unbranched alkanes of at least 4 members (excludes halogenated alkanes) is 6. The molecule has 0 heterocycles. The van der Waals surface area contributed by atoms with Gasteiger partial charge in [0.2, 0.25) is 0 Å². The second-order valence-electron chi connectivity index (χ2n) is 13.5. The Morgan fingerprint density at radius 1 is 0.611 bits per heavy atom. The van der Waals surface area contributed by atoms with Crippen LogP contribution in [0, 0.1) is 35.0 Å². The van der Waals surface area contributed by atoms with Crippen LogP contribution in [0.5, 0.6) is 0 Å². The third-order valence-corrected chi connectivity index (χ3v) is 11.1. The summed E-state index contributed by atoms with van der Waals surface area (Å²) in [7, 11) is 1.63. The Hall–Kier alpha value is -0.530. The SMILES string of the molecule is CCCCCCCC1CCC(C2CCC(CC[C@H]3CC[C@H](CCCCC)CC3)(C(=O)OC)CC2)CC1. The van der Waals surface area contributed by atoms with Gasteiger partial charge in [-0.25, -0.2) is 0 Å².